The van der Waals surface area contributed by atoms with Crippen molar-refractivity contribution in [2.75, 3.05) is 11.9 Å². The molecule has 0 saturated heterocycles. The Hall–Kier alpha value is -1.56. The normalized spacial score (nSPS) is 10.2. The molecule has 0 aliphatic heterocycles. The van der Waals surface area contributed by atoms with Gasteiger partial charge in [-0.1, -0.05) is 23.7 Å². The quantitative estimate of drug-likeness (QED) is 0.845. The molecule has 0 bridgehead atoms. The minimum atomic E-state index is -0.285. The molecule has 4 nitrogen and oxygen atoms in total. The number of amides is 1. The summed E-state index contributed by atoms with van der Waals surface area (Å²) in [7, 11) is 0. The smallest absolute Gasteiger partial charge is 0.262 e. The fraction of sp³-hybridized carbons (Fsp3) is 0.133. The lowest BCUT2D eigenvalue weighted by Crippen LogP contribution is -2.20. The zero-order valence-corrected chi connectivity index (χ0v) is 13.3. The first-order valence-electron chi connectivity index (χ1n) is 6.16. The third kappa shape index (κ3) is 4.74. The van der Waals surface area contributed by atoms with Crippen molar-refractivity contribution in [2.24, 2.45) is 0 Å². The predicted molar refractivity (Wildman–Crippen MR) is 85.6 cm³/mol. The van der Waals surface area contributed by atoms with E-state index in [0.29, 0.717) is 20.9 Å². The Labute approximate surface area is 135 Å². The van der Waals surface area contributed by atoms with Crippen molar-refractivity contribution in [3.63, 3.8) is 0 Å². The van der Waals surface area contributed by atoms with Gasteiger partial charge in [0.1, 0.15) is 5.75 Å². The maximum absolute atomic E-state index is 11.8. The molecule has 0 spiro atoms. The van der Waals surface area contributed by atoms with Gasteiger partial charge in [-0.05, 0) is 51.8 Å². The number of aliphatic hydroxyl groups is 1. The number of aliphatic hydroxyl groups excluding tert-OH is 1. The molecule has 21 heavy (non-hydrogen) atoms. The second kappa shape index (κ2) is 7.45. The monoisotopic (exact) mass is 369 g/mol. The number of nitrogens with one attached hydrogen (secondary N) is 1. The number of halogens is 2. The molecule has 2 rings (SSSR count). The summed E-state index contributed by atoms with van der Waals surface area (Å²) < 4.78 is 6.10. The first kappa shape index (κ1) is 15.8. The molecule has 0 aliphatic carbocycles. The van der Waals surface area contributed by atoms with Gasteiger partial charge >= 0.3 is 0 Å². The van der Waals surface area contributed by atoms with Gasteiger partial charge < -0.3 is 15.2 Å². The van der Waals surface area contributed by atoms with Crippen LogP contribution in [0.25, 0.3) is 0 Å². The lowest BCUT2D eigenvalue weighted by atomic mass is 10.2. The van der Waals surface area contributed by atoms with E-state index in [2.05, 4.69) is 21.2 Å². The third-order valence-electron chi connectivity index (χ3n) is 2.65. The number of rotatable bonds is 5. The van der Waals surface area contributed by atoms with Crippen molar-refractivity contribution < 1.29 is 14.6 Å². The van der Waals surface area contributed by atoms with Crippen LogP contribution in [0.3, 0.4) is 0 Å². The largest absolute Gasteiger partial charge is 0.483 e. The van der Waals surface area contributed by atoms with E-state index >= 15 is 0 Å². The highest BCUT2D eigenvalue weighted by molar-refractivity contribution is 9.10. The van der Waals surface area contributed by atoms with Crippen molar-refractivity contribution in [1.82, 2.24) is 0 Å². The summed E-state index contributed by atoms with van der Waals surface area (Å²) >= 11 is 9.14. The molecular weight excluding hydrogens is 358 g/mol. The van der Waals surface area contributed by atoms with Crippen LogP contribution in [0, 0.1) is 0 Å². The molecule has 110 valence electrons. The van der Waals surface area contributed by atoms with Gasteiger partial charge in [-0.2, -0.15) is 0 Å². The minimum Gasteiger partial charge on any atom is -0.483 e. The molecule has 0 saturated carbocycles. The maximum Gasteiger partial charge on any atom is 0.262 e. The van der Waals surface area contributed by atoms with E-state index in [4.69, 9.17) is 21.4 Å². The molecule has 0 unspecified atom stereocenters. The fourth-order valence-corrected chi connectivity index (χ4v) is 2.48. The van der Waals surface area contributed by atoms with Crippen LogP contribution in [0.15, 0.2) is 46.9 Å². The highest BCUT2D eigenvalue weighted by atomic mass is 79.9. The van der Waals surface area contributed by atoms with Crippen LogP contribution in [0.4, 0.5) is 5.69 Å². The van der Waals surface area contributed by atoms with Crippen molar-refractivity contribution >= 4 is 39.1 Å². The van der Waals surface area contributed by atoms with Gasteiger partial charge in [-0.25, -0.2) is 0 Å². The van der Waals surface area contributed by atoms with E-state index in [9.17, 15) is 4.79 Å². The van der Waals surface area contributed by atoms with E-state index in [-0.39, 0.29) is 19.1 Å². The molecule has 2 aromatic carbocycles. The van der Waals surface area contributed by atoms with Crippen LogP contribution < -0.4 is 10.1 Å². The van der Waals surface area contributed by atoms with Gasteiger partial charge in [0, 0.05) is 10.7 Å². The van der Waals surface area contributed by atoms with E-state index in [1.54, 1.807) is 42.5 Å². The van der Waals surface area contributed by atoms with Gasteiger partial charge in [-0.15, -0.1) is 0 Å². The minimum absolute atomic E-state index is 0.0715. The van der Waals surface area contributed by atoms with Gasteiger partial charge in [0.2, 0.25) is 0 Å². The molecule has 0 atom stereocenters. The topological polar surface area (TPSA) is 58.6 Å². The van der Waals surface area contributed by atoms with E-state index in [1.165, 1.54) is 0 Å². The number of anilines is 1. The number of hydrogen-bond acceptors (Lipinski definition) is 3. The summed E-state index contributed by atoms with van der Waals surface area (Å²) in [5.74, 6) is 0.255. The standard InChI is InChI=1S/C15H13BrClNO3/c16-13-7-11(17)4-5-14(13)21-9-15(20)18-12-3-1-2-10(6-12)8-19/h1-7,19H,8-9H2,(H,18,20). The van der Waals surface area contributed by atoms with Gasteiger partial charge in [0.25, 0.3) is 5.91 Å². The van der Waals surface area contributed by atoms with Gasteiger partial charge in [-0.3, -0.25) is 4.79 Å². The molecule has 0 fully saturated rings. The second-order valence-electron chi connectivity index (χ2n) is 4.27. The second-order valence-corrected chi connectivity index (χ2v) is 5.56. The predicted octanol–water partition coefficient (Wildman–Crippen LogP) is 3.61. The molecule has 2 aromatic rings. The summed E-state index contributed by atoms with van der Waals surface area (Å²) in [6, 6.07) is 12.1. The SMILES string of the molecule is O=C(COc1ccc(Cl)cc1Br)Nc1cccc(CO)c1. The number of carbonyl (C=O) groups is 1. The first-order valence-corrected chi connectivity index (χ1v) is 7.33. The summed E-state index contributed by atoms with van der Waals surface area (Å²) in [6.45, 7) is -0.193. The average molecular weight is 371 g/mol. The summed E-state index contributed by atoms with van der Waals surface area (Å²) in [5, 5.41) is 12.3. The Kier molecular flexibility index (Phi) is 5.61. The molecule has 6 heteroatoms. The molecule has 0 heterocycles. The van der Waals surface area contributed by atoms with Crippen LogP contribution in [0.1, 0.15) is 5.56 Å². The molecule has 0 aromatic heterocycles. The molecule has 2 N–H and O–H groups in total. The number of benzene rings is 2. The Bertz CT molecular complexity index is 649. The Morgan fingerprint density at radius 3 is 2.81 bits per heavy atom. The highest BCUT2D eigenvalue weighted by Gasteiger charge is 2.07. The van der Waals surface area contributed by atoms with E-state index in [1.807, 2.05) is 0 Å². The summed E-state index contributed by atoms with van der Waals surface area (Å²) in [4.78, 5) is 11.8. The lowest BCUT2D eigenvalue weighted by Gasteiger charge is -2.09. The average Bonchev–Trinajstić information content (AvgIpc) is 2.46. The molecule has 1 amide bonds. The van der Waals surface area contributed by atoms with E-state index in [0.717, 1.165) is 5.56 Å². The molecule has 0 aliphatic rings. The van der Waals surface area contributed by atoms with Crippen molar-refractivity contribution in [1.29, 1.82) is 0 Å². The van der Waals surface area contributed by atoms with Crippen molar-refractivity contribution in [3.8, 4) is 5.75 Å². The number of hydrogen-bond donors (Lipinski definition) is 2. The zero-order valence-electron chi connectivity index (χ0n) is 11.0. The van der Waals surface area contributed by atoms with Gasteiger partial charge in [0.05, 0.1) is 11.1 Å². The van der Waals surface area contributed by atoms with Crippen LogP contribution in [-0.4, -0.2) is 17.6 Å². The lowest BCUT2D eigenvalue weighted by molar-refractivity contribution is -0.118. The maximum atomic E-state index is 11.8. The van der Waals surface area contributed by atoms with Crippen LogP contribution in [-0.2, 0) is 11.4 Å². The van der Waals surface area contributed by atoms with Crippen LogP contribution in [0.2, 0.25) is 5.02 Å². The Morgan fingerprint density at radius 2 is 2.10 bits per heavy atom. The fourth-order valence-electron chi connectivity index (χ4n) is 1.68. The summed E-state index contributed by atoms with van der Waals surface area (Å²) in [5.41, 5.74) is 1.35. The number of ether oxygens (including phenoxy) is 1. The highest BCUT2D eigenvalue weighted by Crippen LogP contribution is 2.27. The third-order valence-corrected chi connectivity index (χ3v) is 3.50. The number of carbonyl (C=O) groups excluding carboxylic acids is 1. The Morgan fingerprint density at radius 1 is 1.29 bits per heavy atom. The van der Waals surface area contributed by atoms with Gasteiger partial charge in [0.15, 0.2) is 6.61 Å². The van der Waals surface area contributed by atoms with E-state index < -0.39 is 0 Å². The van der Waals surface area contributed by atoms with Crippen molar-refractivity contribution in [3.05, 3.63) is 57.5 Å². The molecule has 0 radical (unpaired) electrons. The summed E-state index contributed by atoms with van der Waals surface area (Å²) in [6.07, 6.45) is 0. The van der Waals surface area contributed by atoms with Crippen molar-refractivity contribution in [2.45, 2.75) is 6.61 Å². The zero-order chi connectivity index (χ0) is 15.2. The van der Waals surface area contributed by atoms with Crippen LogP contribution in [0.5, 0.6) is 5.75 Å². The Balaban J connectivity index is 1.92. The first-order chi connectivity index (χ1) is 10.1. The molecular formula is C15H13BrClNO3. The van der Waals surface area contributed by atoms with Crippen LogP contribution >= 0.6 is 27.5 Å².